The molecule has 0 saturated heterocycles. The van der Waals surface area contributed by atoms with E-state index in [4.69, 9.17) is 0 Å². The predicted molar refractivity (Wildman–Crippen MR) is 122 cm³/mol. The van der Waals surface area contributed by atoms with Crippen LogP contribution in [0.2, 0.25) is 0 Å². The summed E-state index contributed by atoms with van der Waals surface area (Å²) >= 11 is 3.44. The third kappa shape index (κ3) is 6.70. The van der Waals surface area contributed by atoms with Crippen molar-refractivity contribution in [3.63, 3.8) is 0 Å². The monoisotopic (exact) mass is 458 g/mol. The molecule has 0 spiro atoms. The Morgan fingerprint density at radius 2 is 1.62 bits per heavy atom. The Hall–Kier alpha value is -2.14. The van der Waals surface area contributed by atoms with Gasteiger partial charge in [0.2, 0.25) is 11.8 Å². The number of aryl methyl sites for hydroxylation is 2. The van der Waals surface area contributed by atoms with Gasteiger partial charge in [0, 0.05) is 17.1 Å². The summed E-state index contributed by atoms with van der Waals surface area (Å²) in [4.78, 5) is 27.6. The second kappa shape index (κ2) is 10.6. The van der Waals surface area contributed by atoms with Gasteiger partial charge in [-0.1, -0.05) is 53.2 Å². The van der Waals surface area contributed by atoms with Crippen LogP contribution in [0.25, 0.3) is 0 Å². The lowest BCUT2D eigenvalue weighted by Gasteiger charge is -2.30. The topological polar surface area (TPSA) is 49.4 Å². The first kappa shape index (κ1) is 23.1. The van der Waals surface area contributed by atoms with Crippen LogP contribution in [0.3, 0.4) is 0 Å². The zero-order valence-electron chi connectivity index (χ0n) is 18.0. The SMILES string of the molecule is CCC(C)NC(=O)C(C)N(Cc1ccc(Br)cc1)C(=O)Cc1ccc(C)c(C)c1. The number of amides is 2. The lowest BCUT2D eigenvalue weighted by atomic mass is 10.0. The van der Waals surface area contributed by atoms with Crippen molar-refractivity contribution < 1.29 is 9.59 Å². The summed E-state index contributed by atoms with van der Waals surface area (Å²) in [5, 5.41) is 3.00. The minimum absolute atomic E-state index is 0.0528. The molecule has 4 nitrogen and oxygen atoms in total. The Bertz CT molecular complexity index is 848. The van der Waals surface area contributed by atoms with E-state index in [1.807, 2.05) is 57.2 Å². The van der Waals surface area contributed by atoms with Crippen LogP contribution in [0.5, 0.6) is 0 Å². The van der Waals surface area contributed by atoms with Gasteiger partial charge in [0.1, 0.15) is 6.04 Å². The Morgan fingerprint density at radius 1 is 1.00 bits per heavy atom. The third-order valence-corrected chi connectivity index (χ3v) is 5.89. The smallest absolute Gasteiger partial charge is 0.242 e. The van der Waals surface area contributed by atoms with Crippen LogP contribution in [-0.4, -0.2) is 28.8 Å². The van der Waals surface area contributed by atoms with Crippen LogP contribution < -0.4 is 5.32 Å². The highest BCUT2D eigenvalue weighted by molar-refractivity contribution is 9.10. The van der Waals surface area contributed by atoms with E-state index >= 15 is 0 Å². The quantitative estimate of drug-likeness (QED) is 0.608. The second-order valence-electron chi connectivity index (χ2n) is 7.74. The molecule has 0 bridgehead atoms. The van der Waals surface area contributed by atoms with Gasteiger partial charge in [0.05, 0.1) is 6.42 Å². The number of nitrogens with zero attached hydrogens (tertiary/aromatic N) is 1. The van der Waals surface area contributed by atoms with Gasteiger partial charge < -0.3 is 10.2 Å². The first-order valence-corrected chi connectivity index (χ1v) is 10.9. The maximum absolute atomic E-state index is 13.2. The molecule has 0 aliphatic rings. The minimum Gasteiger partial charge on any atom is -0.352 e. The summed E-state index contributed by atoms with van der Waals surface area (Å²) in [7, 11) is 0. The summed E-state index contributed by atoms with van der Waals surface area (Å²) in [5.41, 5.74) is 4.32. The average Bonchev–Trinajstić information content (AvgIpc) is 2.69. The van der Waals surface area contributed by atoms with Gasteiger partial charge >= 0.3 is 0 Å². The largest absolute Gasteiger partial charge is 0.352 e. The Labute approximate surface area is 182 Å². The number of carbonyl (C=O) groups is 2. The standard InChI is InChI=1S/C24H31BrN2O2/c1-6-18(4)26-24(29)19(5)27(15-20-9-11-22(25)12-10-20)23(28)14-21-8-7-16(2)17(3)13-21/h7-13,18-19H,6,14-15H2,1-5H3,(H,26,29). The summed E-state index contributed by atoms with van der Waals surface area (Å²) in [6.07, 6.45) is 1.13. The van der Waals surface area contributed by atoms with Gasteiger partial charge in [0.25, 0.3) is 0 Å². The maximum Gasteiger partial charge on any atom is 0.242 e. The van der Waals surface area contributed by atoms with Gasteiger partial charge in [-0.05, 0) is 68.5 Å². The van der Waals surface area contributed by atoms with E-state index in [0.717, 1.165) is 27.6 Å². The highest BCUT2D eigenvalue weighted by Gasteiger charge is 2.26. The summed E-state index contributed by atoms with van der Waals surface area (Å²) in [5.74, 6) is -0.173. The average molecular weight is 459 g/mol. The van der Waals surface area contributed by atoms with Gasteiger partial charge in [-0.2, -0.15) is 0 Å². The van der Waals surface area contributed by atoms with Crippen LogP contribution in [-0.2, 0) is 22.6 Å². The first-order chi connectivity index (χ1) is 13.7. The van der Waals surface area contributed by atoms with Crippen molar-refractivity contribution >= 4 is 27.7 Å². The molecule has 2 rings (SSSR count). The van der Waals surface area contributed by atoms with Gasteiger partial charge in [-0.15, -0.1) is 0 Å². The van der Waals surface area contributed by atoms with Crippen molar-refractivity contribution in [3.05, 3.63) is 69.2 Å². The zero-order valence-corrected chi connectivity index (χ0v) is 19.5. The minimum atomic E-state index is -0.549. The molecule has 0 aromatic heterocycles. The van der Waals surface area contributed by atoms with Crippen LogP contribution in [0.15, 0.2) is 46.9 Å². The molecule has 0 heterocycles. The Kier molecular flexibility index (Phi) is 8.45. The molecule has 156 valence electrons. The molecule has 2 atom stereocenters. The Balaban J connectivity index is 2.23. The van der Waals surface area contributed by atoms with E-state index < -0.39 is 6.04 Å². The van der Waals surface area contributed by atoms with Crippen molar-refractivity contribution in [2.45, 2.75) is 66.1 Å². The number of hydrogen-bond donors (Lipinski definition) is 1. The molecule has 2 aromatic rings. The Morgan fingerprint density at radius 3 is 2.21 bits per heavy atom. The lowest BCUT2D eigenvalue weighted by Crippen LogP contribution is -2.49. The molecule has 2 aromatic carbocycles. The zero-order chi connectivity index (χ0) is 21.6. The summed E-state index contributed by atoms with van der Waals surface area (Å²) in [6, 6.07) is 13.4. The first-order valence-electron chi connectivity index (χ1n) is 10.1. The van der Waals surface area contributed by atoms with Crippen molar-refractivity contribution in [2.24, 2.45) is 0 Å². The molecule has 0 fully saturated rings. The van der Waals surface area contributed by atoms with Crippen LogP contribution in [0.1, 0.15) is 49.4 Å². The molecule has 2 amide bonds. The highest BCUT2D eigenvalue weighted by atomic mass is 79.9. The molecule has 0 aliphatic heterocycles. The van der Waals surface area contributed by atoms with Crippen molar-refractivity contribution in [1.29, 1.82) is 0 Å². The van der Waals surface area contributed by atoms with Crippen molar-refractivity contribution in [2.75, 3.05) is 0 Å². The molecular formula is C24H31BrN2O2. The van der Waals surface area contributed by atoms with E-state index in [1.165, 1.54) is 5.56 Å². The summed E-state index contributed by atoms with van der Waals surface area (Å²) in [6.45, 7) is 10.3. The van der Waals surface area contributed by atoms with Gasteiger partial charge in [0.15, 0.2) is 0 Å². The summed E-state index contributed by atoms with van der Waals surface area (Å²) < 4.78 is 0.983. The number of nitrogens with one attached hydrogen (secondary N) is 1. The highest BCUT2D eigenvalue weighted by Crippen LogP contribution is 2.17. The fourth-order valence-electron chi connectivity index (χ4n) is 3.02. The van der Waals surface area contributed by atoms with Crippen LogP contribution in [0.4, 0.5) is 0 Å². The fourth-order valence-corrected chi connectivity index (χ4v) is 3.29. The second-order valence-corrected chi connectivity index (χ2v) is 8.65. The van der Waals surface area contributed by atoms with Gasteiger partial charge in [-0.25, -0.2) is 0 Å². The van der Waals surface area contributed by atoms with Crippen LogP contribution in [0, 0.1) is 13.8 Å². The number of benzene rings is 2. The maximum atomic E-state index is 13.2. The van der Waals surface area contributed by atoms with E-state index in [2.05, 4.69) is 34.2 Å². The third-order valence-electron chi connectivity index (χ3n) is 5.36. The van der Waals surface area contributed by atoms with E-state index in [9.17, 15) is 9.59 Å². The number of hydrogen-bond acceptors (Lipinski definition) is 2. The molecule has 2 unspecified atom stereocenters. The van der Waals surface area contributed by atoms with E-state index in [1.54, 1.807) is 11.8 Å². The molecule has 1 N–H and O–H groups in total. The normalized spacial score (nSPS) is 12.9. The molecule has 29 heavy (non-hydrogen) atoms. The predicted octanol–water partition coefficient (Wildman–Crippen LogP) is 4.94. The molecule has 0 saturated carbocycles. The number of halogens is 1. The van der Waals surface area contributed by atoms with Gasteiger partial charge in [-0.3, -0.25) is 9.59 Å². The molecule has 5 heteroatoms. The molecule has 0 aliphatic carbocycles. The lowest BCUT2D eigenvalue weighted by molar-refractivity contribution is -0.140. The van der Waals surface area contributed by atoms with Crippen molar-refractivity contribution in [3.8, 4) is 0 Å². The van der Waals surface area contributed by atoms with Crippen molar-refractivity contribution in [1.82, 2.24) is 10.2 Å². The number of rotatable bonds is 8. The van der Waals surface area contributed by atoms with E-state index in [0.29, 0.717) is 6.54 Å². The number of carbonyl (C=O) groups excluding carboxylic acids is 2. The van der Waals surface area contributed by atoms with Crippen LogP contribution >= 0.6 is 15.9 Å². The fraction of sp³-hybridized carbons (Fsp3) is 0.417. The molecular weight excluding hydrogens is 428 g/mol. The molecule has 0 radical (unpaired) electrons. The van der Waals surface area contributed by atoms with E-state index in [-0.39, 0.29) is 24.3 Å².